The van der Waals surface area contributed by atoms with E-state index in [0.717, 1.165) is 51.5 Å². The molecule has 2 aliphatic heterocycles. The highest BCUT2D eigenvalue weighted by molar-refractivity contribution is 5.72. The van der Waals surface area contributed by atoms with E-state index in [4.69, 9.17) is 9.47 Å². The predicted molar refractivity (Wildman–Crippen MR) is 142 cm³/mol. The summed E-state index contributed by atoms with van der Waals surface area (Å²) in [7, 11) is 2.12. The third kappa shape index (κ3) is 11.0. The minimum Gasteiger partial charge on any atom is -0.438 e. The number of aliphatic imine (C=N–C) groups is 1. The lowest BCUT2D eigenvalue weighted by molar-refractivity contribution is -0.172. The average Bonchev–Trinajstić information content (AvgIpc) is 3.29. The number of esters is 1. The Kier molecular flexibility index (Phi) is 14.5. The van der Waals surface area contributed by atoms with Crippen LogP contribution in [0.1, 0.15) is 84.0 Å². The summed E-state index contributed by atoms with van der Waals surface area (Å²) >= 11 is 0. The molecule has 0 aliphatic carbocycles. The van der Waals surface area contributed by atoms with Gasteiger partial charge in [-0.25, -0.2) is 0 Å². The van der Waals surface area contributed by atoms with Crippen molar-refractivity contribution in [3.63, 3.8) is 0 Å². The molecule has 5 heteroatoms. The molecule has 0 spiro atoms. The van der Waals surface area contributed by atoms with Crippen molar-refractivity contribution < 1.29 is 14.3 Å². The van der Waals surface area contributed by atoms with Crippen molar-refractivity contribution in [3.05, 3.63) is 48.6 Å². The molecule has 2 heterocycles. The lowest BCUT2D eigenvalue weighted by Gasteiger charge is -2.39. The van der Waals surface area contributed by atoms with Crippen LogP contribution < -0.4 is 0 Å². The summed E-state index contributed by atoms with van der Waals surface area (Å²) in [5.41, 5.74) is -0.496. The standard InChI is InChI=1S/C29H46N2O3/c1-3-4-5-6-7-8-9-10-11-12-13-14-15-16-17-21-28(32)33-26-34-29(22-19-23-30-25-29)27-20-18-24-31(27)2/h7-8,10-11,13-14,19,22-23,27H,3-6,9,12,15-18,20-21,24-26H2,1-2H3/b8-7-,11-10-,14-13-/t27-,29?/m0/s1. The number of carbonyl (C=O) groups excluding carboxylic acids is 1. The number of carbonyl (C=O) groups is 1. The second kappa shape index (κ2) is 17.5. The molecule has 2 atom stereocenters. The fourth-order valence-corrected chi connectivity index (χ4v) is 4.55. The monoisotopic (exact) mass is 470 g/mol. The topological polar surface area (TPSA) is 51.1 Å². The molecule has 1 saturated heterocycles. The predicted octanol–water partition coefficient (Wildman–Crippen LogP) is 6.57. The zero-order valence-electron chi connectivity index (χ0n) is 21.5. The Labute approximate surface area is 207 Å². The van der Waals surface area contributed by atoms with Crippen molar-refractivity contribution in [1.29, 1.82) is 0 Å². The molecule has 2 aliphatic rings. The smallest absolute Gasteiger partial charge is 0.307 e. The minimum atomic E-state index is -0.496. The van der Waals surface area contributed by atoms with Crippen molar-refractivity contribution >= 4 is 12.2 Å². The van der Waals surface area contributed by atoms with Gasteiger partial charge in [-0.05, 0) is 83.5 Å². The number of dihydropyridines is 1. The number of rotatable bonds is 17. The van der Waals surface area contributed by atoms with Gasteiger partial charge >= 0.3 is 5.97 Å². The summed E-state index contributed by atoms with van der Waals surface area (Å²) in [4.78, 5) is 18.9. The van der Waals surface area contributed by atoms with E-state index in [-0.39, 0.29) is 18.8 Å². The van der Waals surface area contributed by atoms with Crippen LogP contribution in [0, 0.1) is 0 Å². The van der Waals surface area contributed by atoms with Crippen molar-refractivity contribution in [2.75, 3.05) is 26.9 Å². The molecule has 0 N–H and O–H groups in total. The normalized spacial score (nSPS) is 23.2. The van der Waals surface area contributed by atoms with Gasteiger partial charge in [0.25, 0.3) is 0 Å². The van der Waals surface area contributed by atoms with Gasteiger partial charge in [-0.1, -0.05) is 56.2 Å². The van der Waals surface area contributed by atoms with Crippen LogP contribution in [0.25, 0.3) is 0 Å². The van der Waals surface area contributed by atoms with Crippen LogP contribution in [-0.2, 0) is 14.3 Å². The lowest BCUT2D eigenvalue weighted by atomic mass is 9.90. The highest BCUT2D eigenvalue weighted by atomic mass is 16.7. The molecule has 0 radical (unpaired) electrons. The maximum Gasteiger partial charge on any atom is 0.307 e. The van der Waals surface area contributed by atoms with E-state index in [1.165, 1.54) is 25.7 Å². The first-order valence-electron chi connectivity index (χ1n) is 13.3. The van der Waals surface area contributed by atoms with Gasteiger partial charge in [0.1, 0.15) is 5.60 Å². The molecule has 1 unspecified atom stereocenters. The fraction of sp³-hybridized carbons (Fsp3) is 0.655. The minimum absolute atomic E-state index is 0.0107. The summed E-state index contributed by atoms with van der Waals surface area (Å²) in [5.74, 6) is -0.187. The van der Waals surface area contributed by atoms with Gasteiger partial charge in [0, 0.05) is 18.7 Å². The second-order valence-electron chi connectivity index (χ2n) is 9.35. The van der Waals surface area contributed by atoms with E-state index in [0.29, 0.717) is 13.0 Å². The molecule has 5 nitrogen and oxygen atoms in total. The maximum atomic E-state index is 12.1. The van der Waals surface area contributed by atoms with Gasteiger partial charge in [-0.3, -0.25) is 9.79 Å². The summed E-state index contributed by atoms with van der Waals surface area (Å²) in [5, 5.41) is 0. The van der Waals surface area contributed by atoms with Crippen molar-refractivity contribution in [2.45, 2.75) is 95.6 Å². The molecule has 0 saturated carbocycles. The van der Waals surface area contributed by atoms with E-state index in [1.54, 1.807) is 6.21 Å². The van der Waals surface area contributed by atoms with Gasteiger partial charge in [0.2, 0.25) is 0 Å². The summed E-state index contributed by atoms with van der Waals surface area (Å²) in [6.07, 6.45) is 31.8. The van der Waals surface area contributed by atoms with Crippen LogP contribution >= 0.6 is 0 Å². The van der Waals surface area contributed by atoms with Crippen LogP contribution in [-0.4, -0.2) is 55.7 Å². The molecule has 0 aromatic carbocycles. The quantitative estimate of drug-likeness (QED) is 0.104. The largest absolute Gasteiger partial charge is 0.438 e. The van der Waals surface area contributed by atoms with E-state index in [1.807, 2.05) is 6.08 Å². The summed E-state index contributed by atoms with van der Waals surface area (Å²) in [6, 6.07) is 0.272. The highest BCUT2D eigenvalue weighted by Crippen LogP contribution is 2.31. The zero-order chi connectivity index (χ0) is 24.3. The highest BCUT2D eigenvalue weighted by Gasteiger charge is 2.43. The lowest BCUT2D eigenvalue weighted by Crippen LogP contribution is -2.52. The number of nitrogens with zero attached hydrogens (tertiary/aromatic N) is 2. The molecule has 0 aromatic heterocycles. The first-order chi connectivity index (χ1) is 16.7. The number of allylic oxidation sites excluding steroid dienone is 7. The number of likely N-dealkylation sites (tertiary alicyclic amines) is 1. The summed E-state index contributed by atoms with van der Waals surface area (Å²) in [6.45, 7) is 3.87. The van der Waals surface area contributed by atoms with Crippen molar-refractivity contribution in [2.24, 2.45) is 4.99 Å². The number of ether oxygens (including phenoxy) is 2. The molecule has 0 amide bonds. The number of unbranched alkanes of at least 4 members (excludes halogenated alkanes) is 5. The van der Waals surface area contributed by atoms with E-state index in [2.05, 4.69) is 66.4 Å². The third-order valence-electron chi connectivity index (χ3n) is 6.56. The Morgan fingerprint density at radius 1 is 1.06 bits per heavy atom. The fourth-order valence-electron chi connectivity index (χ4n) is 4.55. The SMILES string of the molecule is CCCCC/C=C\C/C=C\C/C=C\CCCCC(=O)OCOC1([C@@H]2CCCN2C)C=CC=NC1. The van der Waals surface area contributed by atoms with Crippen LogP contribution in [0.2, 0.25) is 0 Å². The molecule has 0 aromatic rings. The molecular weight excluding hydrogens is 424 g/mol. The molecule has 190 valence electrons. The van der Waals surface area contributed by atoms with Crippen molar-refractivity contribution in [1.82, 2.24) is 4.90 Å². The Bertz CT molecular complexity index is 710. The Hall–Kier alpha value is -1.98. The Balaban J connectivity index is 1.50. The van der Waals surface area contributed by atoms with E-state index < -0.39 is 5.60 Å². The Morgan fingerprint density at radius 3 is 2.38 bits per heavy atom. The summed E-state index contributed by atoms with van der Waals surface area (Å²) < 4.78 is 11.5. The molecular formula is C29H46N2O3. The third-order valence-corrected chi connectivity index (χ3v) is 6.56. The number of likely N-dealkylation sites (N-methyl/N-ethyl adjacent to an activating group) is 1. The van der Waals surface area contributed by atoms with Gasteiger partial charge in [0.05, 0.1) is 6.54 Å². The van der Waals surface area contributed by atoms with Gasteiger partial charge in [0.15, 0.2) is 6.79 Å². The van der Waals surface area contributed by atoms with Gasteiger partial charge in [-0.15, -0.1) is 0 Å². The molecule has 2 rings (SSSR count). The Morgan fingerprint density at radius 2 is 1.76 bits per heavy atom. The maximum absolute atomic E-state index is 12.1. The molecule has 34 heavy (non-hydrogen) atoms. The van der Waals surface area contributed by atoms with Gasteiger partial charge in [-0.2, -0.15) is 0 Å². The first-order valence-corrected chi connectivity index (χ1v) is 13.3. The number of hydrogen-bond acceptors (Lipinski definition) is 5. The number of hydrogen-bond donors (Lipinski definition) is 0. The first kappa shape index (κ1) is 28.3. The average molecular weight is 471 g/mol. The molecule has 1 fully saturated rings. The van der Waals surface area contributed by atoms with Crippen LogP contribution in [0.4, 0.5) is 0 Å². The zero-order valence-corrected chi connectivity index (χ0v) is 21.5. The van der Waals surface area contributed by atoms with E-state index >= 15 is 0 Å². The second-order valence-corrected chi connectivity index (χ2v) is 9.35. The van der Waals surface area contributed by atoms with Crippen LogP contribution in [0.15, 0.2) is 53.6 Å². The molecule has 0 bridgehead atoms. The van der Waals surface area contributed by atoms with Crippen LogP contribution in [0.5, 0.6) is 0 Å². The van der Waals surface area contributed by atoms with Crippen molar-refractivity contribution in [3.8, 4) is 0 Å². The van der Waals surface area contributed by atoms with Gasteiger partial charge < -0.3 is 14.4 Å². The van der Waals surface area contributed by atoms with E-state index in [9.17, 15) is 4.79 Å². The van der Waals surface area contributed by atoms with Crippen LogP contribution in [0.3, 0.4) is 0 Å².